The van der Waals surface area contributed by atoms with Crippen LogP contribution in [0, 0.1) is 19.8 Å². The van der Waals surface area contributed by atoms with E-state index in [1.54, 1.807) is 0 Å². The number of rotatable bonds is 5. The van der Waals surface area contributed by atoms with E-state index in [0.717, 1.165) is 54.5 Å². The summed E-state index contributed by atoms with van der Waals surface area (Å²) in [6.45, 7) is 7.50. The van der Waals surface area contributed by atoms with Gasteiger partial charge in [0.2, 0.25) is 0 Å². The third-order valence-electron chi connectivity index (χ3n) is 4.34. The standard InChI is InChI=1S/C17H25N5O/c1-4-5-14-8-17(19-12(3)18-14)22-9-13(16(23)10-22)7-15-6-11(2)20-21-15/h6,8,13,16,23H,4-5,7,9-10H2,1-3H3,(H,20,21)/t13-,16-/m1/s1. The Hall–Kier alpha value is -1.95. The molecule has 1 saturated heterocycles. The minimum atomic E-state index is -0.350. The fourth-order valence-corrected chi connectivity index (χ4v) is 3.25. The lowest BCUT2D eigenvalue weighted by Gasteiger charge is -2.18. The van der Waals surface area contributed by atoms with E-state index in [-0.39, 0.29) is 12.0 Å². The summed E-state index contributed by atoms with van der Waals surface area (Å²) in [6.07, 6.45) is 2.47. The normalized spacial score (nSPS) is 21.1. The van der Waals surface area contributed by atoms with Crippen LogP contribution in [0.2, 0.25) is 0 Å². The summed E-state index contributed by atoms with van der Waals surface area (Å²) < 4.78 is 0. The Bertz CT molecular complexity index is 669. The van der Waals surface area contributed by atoms with Crippen LogP contribution in [0.25, 0.3) is 0 Å². The van der Waals surface area contributed by atoms with E-state index < -0.39 is 0 Å². The van der Waals surface area contributed by atoms with Gasteiger partial charge in [0.25, 0.3) is 0 Å². The Morgan fingerprint density at radius 2 is 2.04 bits per heavy atom. The summed E-state index contributed by atoms with van der Waals surface area (Å²) in [5.41, 5.74) is 3.15. The van der Waals surface area contributed by atoms with Gasteiger partial charge in [-0.15, -0.1) is 0 Å². The second-order valence-electron chi connectivity index (χ2n) is 6.49. The summed E-state index contributed by atoms with van der Waals surface area (Å²) in [7, 11) is 0. The topological polar surface area (TPSA) is 77.9 Å². The molecule has 2 N–H and O–H groups in total. The minimum Gasteiger partial charge on any atom is -0.391 e. The van der Waals surface area contributed by atoms with E-state index in [1.165, 1.54) is 0 Å². The molecular weight excluding hydrogens is 290 g/mol. The molecule has 3 rings (SSSR count). The quantitative estimate of drug-likeness (QED) is 0.880. The van der Waals surface area contributed by atoms with E-state index in [9.17, 15) is 5.11 Å². The first-order valence-corrected chi connectivity index (χ1v) is 8.33. The molecule has 0 radical (unpaired) electrons. The zero-order chi connectivity index (χ0) is 16.4. The highest BCUT2D eigenvalue weighted by atomic mass is 16.3. The Morgan fingerprint density at radius 3 is 2.74 bits per heavy atom. The summed E-state index contributed by atoms with van der Waals surface area (Å²) in [5.74, 6) is 1.91. The molecule has 1 fully saturated rings. The molecule has 0 aromatic carbocycles. The van der Waals surface area contributed by atoms with Gasteiger partial charge in [-0.2, -0.15) is 5.10 Å². The van der Waals surface area contributed by atoms with E-state index in [4.69, 9.17) is 0 Å². The van der Waals surface area contributed by atoms with Crippen molar-refractivity contribution in [3.63, 3.8) is 0 Å². The summed E-state index contributed by atoms with van der Waals surface area (Å²) in [5, 5.41) is 17.7. The van der Waals surface area contributed by atoms with Gasteiger partial charge in [-0.05, 0) is 32.8 Å². The maximum Gasteiger partial charge on any atom is 0.132 e. The number of aryl methyl sites for hydroxylation is 3. The number of nitrogens with one attached hydrogen (secondary N) is 1. The largest absolute Gasteiger partial charge is 0.391 e. The van der Waals surface area contributed by atoms with Crippen molar-refractivity contribution < 1.29 is 5.11 Å². The van der Waals surface area contributed by atoms with Crippen LogP contribution < -0.4 is 4.90 Å². The number of aliphatic hydroxyl groups is 1. The molecule has 0 saturated carbocycles. The average Bonchev–Trinajstić information content (AvgIpc) is 3.06. The van der Waals surface area contributed by atoms with Gasteiger partial charge in [0.05, 0.1) is 11.8 Å². The monoisotopic (exact) mass is 315 g/mol. The van der Waals surface area contributed by atoms with E-state index in [2.05, 4.69) is 38.1 Å². The van der Waals surface area contributed by atoms with Gasteiger partial charge in [0, 0.05) is 36.5 Å². The second-order valence-corrected chi connectivity index (χ2v) is 6.49. The highest BCUT2D eigenvalue weighted by Gasteiger charge is 2.32. The molecular formula is C17H25N5O. The zero-order valence-corrected chi connectivity index (χ0v) is 14.1. The molecule has 23 heavy (non-hydrogen) atoms. The summed E-state index contributed by atoms with van der Waals surface area (Å²) >= 11 is 0. The first-order chi connectivity index (χ1) is 11.0. The minimum absolute atomic E-state index is 0.183. The molecule has 1 aliphatic heterocycles. The first-order valence-electron chi connectivity index (χ1n) is 8.33. The van der Waals surface area contributed by atoms with E-state index >= 15 is 0 Å². The fourth-order valence-electron chi connectivity index (χ4n) is 3.25. The van der Waals surface area contributed by atoms with Gasteiger partial charge in [-0.25, -0.2) is 9.97 Å². The first kappa shape index (κ1) is 15.9. The molecule has 1 aliphatic rings. The van der Waals surface area contributed by atoms with Gasteiger partial charge in [0.15, 0.2) is 0 Å². The van der Waals surface area contributed by atoms with Crippen LogP contribution in [0.3, 0.4) is 0 Å². The molecule has 124 valence electrons. The summed E-state index contributed by atoms with van der Waals surface area (Å²) in [6, 6.07) is 4.11. The van der Waals surface area contributed by atoms with Crippen LogP contribution in [-0.2, 0) is 12.8 Å². The van der Waals surface area contributed by atoms with Crippen LogP contribution in [0.5, 0.6) is 0 Å². The molecule has 0 spiro atoms. The molecule has 0 unspecified atom stereocenters. The smallest absolute Gasteiger partial charge is 0.132 e. The fraction of sp³-hybridized carbons (Fsp3) is 0.588. The zero-order valence-electron chi connectivity index (χ0n) is 14.1. The van der Waals surface area contributed by atoms with Gasteiger partial charge in [-0.1, -0.05) is 13.3 Å². The van der Waals surface area contributed by atoms with Crippen molar-refractivity contribution in [2.45, 2.75) is 46.1 Å². The molecule has 2 aromatic heterocycles. The number of hydrogen-bond donors (Lipinski definition) is 2. The number of H-pyrrole nitrogens is 1. The van der Waals surface area contributed by atoms with Crippen molar-refractivity contribution in [2.24, 2.45) is 5.92 Å². The average molecular weight is 315 g/mol. The number of hydrogen-bond acceptors (Lipinski definition) is 5. The molecule has 0 bridgehead atoms. The number of aromatic amines is 1. The number of aromatic nitrogens is 4. The number of nitrogens with zero attached hydrogens (tertiary/aromatic N) is 4. The molecule has 0 aliphatic carbocycles. The predicted molar refractivity (Wildman–Crippen MR) is 89.5 cm³/mol. The van der Waals surface area contributed by atoms with Crippen molar-refractivity contribution in [1.82, 2.24) is 20.2 Å². The van der Waals surface area contributed by atoms with E-state index in [0.29, 0.717) is 6.54 Å². The van der Waals surface area contributed by atoms with Gasteiger partial charge in [-0.3, -0.25) is 5.10 Å². The lowest BCUT2D eigenvalue weighted by Crippen LogP contribution is -2.23. The molecule has 2 atom stereocenters. The Morgan fingerprint density at radius 1 is 1.22 bits per heavy atom. The van der Waals surface area contributed by atoms with Crippen molar-refractivity contribution in [2.75, 3.05) is 18.0 Å². The molecule has 0 amide bonds. The maximum absolute atomic E-state index is 10.4. The van der Waals surface area contributed by atoms with Crippen LogP contribution in [0.4, 0.5) is 5.82 Å². The lowest BCUT2D eigenvalue weighted by atomic mass is 10.0. The molecule has 6 heteroatoms. The third kappa shape index (κ3) is 3.69. The van der Waals surface area contributed by atoms with Gasteiger partial charge >= 0.3 is 0 Å². The highest BCUT2D eigenvalue weighted by molar-refractivity contribution is 5.42. The van der Waals surface area contributed by atoms with Crippen molar-refractivity contribution in [3.8, 4) is 0 Å². The lowest BCUT2D eigenvalue weighted by molar-refractivity contribution is 0.148. The Balaban J connectivity index is 1.72. The number of β-amino-alcohol motifs (C(OH)–C–C–N with tert-alkyl or cyclic N) is 1. The Kier molecular flexibility index (Phi) is 4.61. The van der Waals surface area contributed by atoms with Crippen LogP contribution in [0.15, 0.2) is 12.1 Å². The van der Waals surface area contributed by atoms with Gasteiger partial charge in [0.1, 0.15) is 11.6 Å². The predicted octanol–water partition coefficient (Wildman–Crippen LogP) is 1.81. The van der Waals surface area contributed by atoms with E-state index in [1.807, 2.05) is 19.9 Å². The van der Waals surface area contributed by atoms with Crippen LogP contribution >= 0.6 is 0 Å². The van der Waals surface area contributed by atoms with Gasteiger partial charge < -0.3 is 10.0 Å². The highest BCUT2D eigenvalue weighted by Crippen LogP contribution is 2.26. The van der Waals surface area contributed by atoms with Crippen LogP contribution in [0.1, 0.15) is 36.3 Å². The van der Waals surface area contributed by atoms with Crippen LogP contribution in [-0.4, -0.2) is 44.5 Å². The molecule has 3 heterocycles. The third-order valence-corrected chi connectivity index (χ3v) is 4.34. The molecule has 2 aromatic rings. The summed E-state index contributed by atoms with van der Waals surface area (Å²) in [4.78, 5) is 11.2. The number of anilines is 1. The number of aliphatic hydroxyl groups excluding tert-OH is 1. The van der Waals surface area contributed by atoms with Crippen molar-refractivity contribution >= 4 is 5.82 Å². The Labute approximate surface area is 137 Å². The van der Waals surface area contributed by atoms with Crippen molar-refractivity contribution in [3.05, 3.63) is 35.0 Å². The SMILES string of the molecule is CCCc1cc(N2C[C@@H](Cc3cc(C)[nH]n3)[C@H](O)C2)nc(C)n1. The maximum atomic E-state index is 10.4. The molecule has 6 nitrogen and oxygen atoms in total. The second kappa shape index (κ2) is 6.66. The van der Waals surface area contributed by atoms with Crippen molar-refractivity contribution in [1.29, 1.82) is 0 Å².